The number of nitrogens with zero attached hydrogens (tertiary/aromatic N) is 1. The molecule has 0 bridgehead atoms. The Balaban J connectivity index is 2.03. The van der Waals surface area contributed by atoms with E-state index in [-0.39, 0.29) is 17.9 Å². The molecule has 112 valence electrons. The number of nitrogens with one attached hydrogen (secondary N) is 1. The Kier molecular flexibility index (Phi) is 4.70. The summed E-state index contributed by atoms with van der Waals surface area (Å²) >= 11 is 1.58. The van der Waals surface area contributed by atoms with Gasteiger partial charge in [0.15, 0.2) is 0 Å². The van der Waals surface area contributed by atoms with Crippen LogP contribution in [0, 0.1) is 0 Å². The number of thiophene rings is 1. The molecule has 0 saturated carbocycles. The zero-order chi connectivity index (χ0) is 14.8. The number of alkyl halides is 3. The Morgan fingerprint density at radius 3 is 2.80 bits per heavy atom. The third kappa shape index (κ3) is 4.21. The molecule has 1 N–H and O–H groups in total. The molecule has 1 aliphatic heterocycles. The molecule has 0 aromatic carbocycles. The molecule has 2 atom stereocenters. The standard InChI is InChI=1S/C13H17F3N2OS/c1-9(19)18-6-10(12-3-2-4-20-12)5-11(7-18)17-8-13(14,15)16/h2-4,10-11,17H,5-8H2,1H3. The first-order chi connectivity index (χ1) is 9.35. The third-order valence-electron chi connectivity index (χ3n) is 3.43. The Bertz CT molecular complexity index is 447. The fourth-order valence-electron chi connectivity index (χ4n) is 2.49. The first-order valence-corrected chi connectivity index (χ1v) is 7.32. The normalized spacial score (nSPS) is 23.9. The van der Waals surface area contributed by atoms with Gasteiger partial charge >= 0.3 is 6.18 Å². The lowest BCUT2D eigenvalue weighted by atomic mass is 9.92. The number of likely N-dealkylation sites (tertiary alicyclic amines) is 1. The van der Waals surface area contributed by atoms with Gasteiger partial charge < -0.3 is 10.2 Å². The smallest absolute Gasteiger partial charge is 0.341 e. The van der Waals surface area contributed by atoms with Crippen molar-refractivity contribution in [2.75, 3.05) is 19.6 Å². The number of carbonyl (C=O) groups is 1. The molecule has 2 unspecified atom stereocenters. The van der Waals surface area contributed by atoms with Crippen molar-refractivity contribution >= 4 is 17.2 Å². The molecule has 1 saturated heterocycles. The minimum atomic E-state index is -4.23. The van der Waals surface area contributed by atoms with Crippen LogP contribution in [0.25, 0.3) is 0 Å². The number of rotatable bonds is 3. The van der Waals surface area contributed by atoms with Gasteiger partial charge in [0.1, 0.15) is 0 Å². The van der Waals surface area contributed by atoms with Gasteiger partial charge in [-0.25, -0.2) is 0 Å². The number of amides is 1. The van der Waals surface area contributed by atoms with E-state index in [1.165, 1.54) is 6.92 Å². The van der Waals surface area contributed by atoms with E-state index in [2.05, 4.69) is 5.32 Å². The molecule has 0 spiro atoms. The summed E-state index contributed by atoms with van der Waals surface area (Å²) in [5.74, 6) is 0.0171. The van der Waals surface area contributed by atoms with Crippen molar-refractivity contribution in [1.29, 1.82) is 0 Å². The summed E-state index contributed by atoms with van der Waals surface area (Å²) < 4.78 is 36.9. The lowest BCUT2D eigenvalue weighted by Crippen LogP contribution is -2.51. The number of hydrogen-bond donors (Lipinski definition) is 1. The van der Waals surface area contributed by atoms with Crippen molar-refractivity contribution in [2.24, 2.45) is 0 Å². The molecule has 1 amide bonds. The maximum absolute atomic E-state index is 12.3. The molecule has 2 rings (SSSR count). The van der Waals surface area contributed by atoms with E-state index in [1.54, 1.807) is 16.2 Å². The van der Waals surface area contributed by atoms with E-state index >= 15 is 0 Å². The number of halogens is 3. The molecule has 1 aromatic heterocycles. The molecule has 1 aromatic rings. The maximum atomic E-state index is 12.3. The summed E-state index contributed by atoms with van der Waals surface area (Å²) in [5.41, 5.74) is 0. The third-order valence-corrected chi connectivity index (χ3v) is 4.47. The monoisotopic (exact) mass is 306 g/mol. The van der Waals surface area contributed by atoms with E-state index in [0.717, 1.165) is 4.88 Å². The second kappa shape index (κ2) is 6.13. The van der Waals surface area contributed by atoms with Crippen LogP contribution in [0.4, 0.5) is 13.2 Å². The van der Waals surface area contributed by atoms with E-state index in [4.69, 9.17) is 0 Å². The number of hydrogen-bond acceptors (Lipinski definition) is 3. The maximum Gasteiger partial charge on any atom is 0.401 e. The molecule has 2 heterocycles. The first kappa shape index (κ1) is 15.3. The van der Waals surface area contributed by atoms with Gasteiger partial charge in [-0.15, -0.1) is 11.3 Å². The Labute approximate surface area is 119 Å². The predicted molar refractivity (Wildman–Crippen MR) is 71.8 cm³/mol. The predicted octanol–water partition coefficient (Wildman–Crippen LogP) is 2.60. The molecule has 0 radical (unpaired) electrons. The van der Waals surface area contributed by atoms with Crippen molar-refractivity contribution in [3.63, 3.8) is 0 Å². The van der Waals surface area contributed by atoms with Crippen LogP contribution < -0.4 is 5.32 Å². The van der Waals surface area contributed by atoms with Crippen LogP contribution in [-0.2, 0) is 4.79 Å². The minimum Gasteiger partial charge on any atom is -0.341 e. The van der Waals surface area contributed by atoms with Crippen LogP contribution in [-0.4, -0.2) is 42.7 Å². The van der Waals surface area contributed by atoms with Crippen molar-refractivity contribution in [3.05, 3.63) is 22.4 Å². The van der Waals surface area contributed by atoms with Gasteiger partial charge in [0.25, 0.3) is 0 Å². The summed E-state index contributed by atoms with van der Waals surface area (Å²) in [5, 5.41) is 4.47. The zero-order valence-corrected chi connectivity index (χ0v) is 11.9. The Hall–Kier alpha value is -1.08. The quantitative estimate of drug-likeness (QED) is 0.931. The van der Waals surface area contributed by atoms with Gasteiger partial charge in [0.2, 0.25) is 5.91 Å². The van der Waals surface area contributed by atoms with Crippen molar-refractivity contribution in [1.82, 2.24) is 10.2 Å². The number of carbonyl (C=O) groups excluding carboxylic acids is 1. The molecule has 1 fully saturated rings. The van der Waals surface area contributed by atoms with Crippen LogP contribution in [0.5, 0.6) is 0 Å². The minimum absolute atomic E-state index is 0.0925. The van der Waals surface area contributed by atoms with Gasteiger partial charge in [0, 0.05) is 36.9 Å². The summed E-state index contributed by atoms with van der Waals surface area (Å²) in [6, 6.07) is 3.58. The van der Waals surface area contributed by atoms with E-state index in [0.29, 0.717) is 19.5 Å². The molecule has 7 heteroatoms. The highest BCUT2D eigenvalue weighted by Crippen LogP contribution is 2.30. The lowest BCUT2D eigenvalue weighted by Gasteiger charge is -2.37. The Morgan fingerprint density at radius 2 is 2.25 bits per heavy atom. The molecule has 0 aliphatic carbocycles. The van der Waals surface area contributed by atoms with Gasteiger partial charge in [-0.2, -0.15) is 13.2 Å². The van der Waals surface area contributed by atoms with Crippen LogP contribution in [0.2, 0.25) is 0 Å². The Morgan fingerprint density at radius 1 is 1.50 bits per heavy atom. The fraction of sp³-hybridized carbons (Fsp3) is 0.615. The lowest BCUT2D eigenvalue weighted by molar-refractivity contribution is -0.132. The van der Waals surface area contributed by atoms with E-state index in [9.17, 15) is 18.0 Å². The summed E-state index contributed by atoms with van der Waals surface area (Å²) in [7, 11) is 0. The first-order valence-electron chi connectivity index (χ1n) is 6.44. The average molecular weight is 306 g/mol. The van der Waals surface area contributed by atoms with E-state index < -0.39 is 12.7 Å². The second-order valence-corrected chi connectivity index (χ2v) is 6.04. The van der Waals surface area contributed by atoms with Crippen LogP contribution in [0.15, 0.2) is 17.5 Å². The summed E-state index contributed by atoms with van der Waals surface area (Å²) in [6.07, 6.45) is -3.60. The van der Waals surface area contributed by atoms with Gasteiger partial charge in [-0.05, 0) is 17.9 Å². The van der Waals surface area contributed by atoms with Crippen LogP contribution in [0.3, 0.4) is 0 Å². The topological polar surface area (TPSA) is 32.3 Å². The second-order valence-electron chi connectivity index (χ2n) is 5.07. The summed E-state index contributed by atoms with van der Waals surface area (Å²) in [4.78, 5) is 14.3. The van der Waals surface area contributed by atoms with Gasteiger partial charge in [0.05, 0.1) is 6.54 Å². The van der Waals surface area contributed by atoms with Crippen LogP contribution >= 0.6 is 11.3 Å². The molecule has 3 nitrogen and oxygen atoms in total. The summed E-state index contributed by atoms with van der Waals surface area (Å²) in [6.45, 7) is 1.37. The SMILES string of the molecule is CC(=O)N1CC(NCC(F)(F)F)CC(c2cccs2)C1. The fourth-order valence-corrected chi connectivity index (χ4v) is 3.33. The van der Waals surface area contributed by atoms with Crippen molar-refractivity contribution < 1.29 is 18.0 Å². The van der Waals surface area contributed by atoms with Crippen molar-refractivity contribution in [2.45, 2.75) is 31.5 Å². The van der Waals surface area contributed by atoms with Gasteiger partial charge in [-0.3, -0.25) is 4.79 Å². The van der Waals surface area contributed by atoms with Crippen molar-refractivity contribution in [3.8, 4) is 0 Å². The zero-order valence-electron chi connectivity index (χ0n) is 11.1. The van der Waals surface area contributed by atoms with E-state index in [1.807, 2.05) is 17.5 Å². The largest absolute Gasteiger partial charge is 0.401 e. The molecule has 20 heavy (non-hydrogen) atoms. The highest BCUT2D eigenvalue weighted by Gasteiger charge is 2.33. The molecule has 1 aliphatic rings. The average Bonchev–Trinajstić information content (AvgIpc) is 2.89. The molecular formula is C13H17F3N2OS. The van der Waals surface area contributed by atoms with Crippen LogP contribution in [0.1, 0.15) is 24.1 Å². The highest BCUT2D eigenvalue weighted by molar-refractivity contribution is 7.10. The highest BCUT2D eigenvalue weighted by atomic mass is 32.1. The molecular weight excluding hydrogens is 289 g/mol. The van der Waals surface area contributed by atoms with Gasteiger partial charge in [-0.1, -0.05) is 6.07 Å². The number of piperidine rings is 1.